The smallest absolute Gasteiger partial charge is 0.307 e. The van der Waals surface area contributed by atoms with Gasteiger partial charge in [-0.1, -0.05) is 64.5 Å². The molecule has 0 radical (unpaired) electrons. The predicted octanol–water partition coefficient (Wildman–Crippen LogP) is 4.36. The van der Waals surface area contributed by atoms with Crippen molar-refractivity contribution in [3.63, 3.8) is 0 Å². The van der Waals surface area contributed by atoms with Crippen molar-refractivity contribution in [2.75, 3.05) is 6.61 Å². The Bertz CT molecular complexity index is 449. The maximum atomic E-state index is 11.5. The molecule has 0 saturated heterocycles. The van der Waals surface area contributed by atoms with Crippen molar-refractivity contribution in [1.29, 1.82) is 0 Å². The van der Waals surface area contributed by atoms with Crippen LogP contribution in [0.4, 0.5) is 0 Å². The highest BCUT2D eigenvalue weighted by Crippen LogP contribution is 2.21. The van der Waals surface area contributed by atoms with Crippen LogP contribution in [0.15, 0.2) is 48.1 Å². The molecule has 0 spiro atoms. The van der Waals surface area contributed by atoms with Gasteiger partial charge in [-0.15, -0.1) is 0 Å². The molecular weight excluding hydrogens is 304 g/mol. The number of carbonyl (C=O) groups excluding carboxylic acids is 1. The van der Waals surface area contributed by atoms with Crippen LogP contribution in [0.5, 0.6) is 0 Å². The number of allylic oxidation sites excluding steroid dienone is 3. The topological polar surface area (TPSA) is 26.3 Å². The van der Waals surface area contributed by atoms with Gasteiger partial charge in [-0.25, -0.2) is 0 Å². The number of carbonyl (C=O) groups is 1. The Labute approximate surface area is 123 Å². The second-order valence-corrected chi connectivity index (χ2v) is 5.14. The van der Waals surface area contributed by atoms with Crippen LogP contribution in [0.3, 0.4) is 0 Å². The minimum absolute atomic E-state index is 0.0389. The molecule has 0 fully saturated rings. The average molecular weight is 323 g/mol. The van der Waals surface area contributed by atoms with E-state index in [2.05, 4.69) is 22.0 Å². The van der Waals surface area contributed by atoms with Crippen LogP contribution >= 0.6 is 15.9 Å². The molecule has 1 aromatic rings. The van der Waals surface area contributed by atoms with Gasteiger partial charge in [0, 0.05) is 4.83 Å². The summed E-state index contributed by atoms with van der Waals surface area (Å²) in [6, 6.07) is 10.0. The fourth-order valence-corrected chi connectivity index (χ4v) is 2.21. The lowest BCUT2D eigenvalue weighted by atomic mass is 10.1. The van der Waals surface area contributed by atoms with Crippen molar-refractivity contribution < 1.29 is 9.53 Å². The number of benzene rings is 1. The molecule has 0 heterocycles. The maximum Gasteiger partial charge on any atom is 0.307 e. The molecule has 0 aliphatic rings. The molecule has 1 aromatic carbocycles. The highest BCUT2D eigenvalue weighted by molar-refractivity contribution is 9.09. The molecule has 1 rings (SSSR count). The molecule has 0 bridgehead atoms. The van der Waals surface area contributed by atoms with Crippen LogP contribution in [0, 0.1) is 0 Å². The van der Waals surface area contributed by atoms with Gasteiger partial charge in [0.15, 0.2) is 0 Å². The second kappa shape index (κ2) is 8.70. The van der Waals surface area contributed by atoms with E-state index in [9.17, 15) is 4.79 Å². The van der Waals surface area contributed by atoms with Gasteiger partial charge in [0.1, 0.15) is 0 Å². The predicted molar refractivity (Wildman–Crippen MR) is 83.2 cm³/mol. The van der Waals surface area contributed by atoms with Crippen LogP contribution in [-0.4, -0.2) is 17.4 Å². The largest absolute Gasteiger partial charge is 0.466 e. The number of esters is 1. The SMILES string of the molecule is C/C=C\C(=C/c1ccccc1)C(Br)CC(=O)OCC. The molecule has 0 aliphatic heterocycles. The van der Waals surface area contributed by atoms with Gasteiger partial charge in [-0.05, 0) is 25.0 Å². The Balaban J connectivity index is 2.82. The Hall–Kier alpha value is -1.35. The van der Waals surface area contributed by atoms with Crippen LogP contribution in [-0.2, 0) is 9.53 Å². The van der Waals surface area contributed by atoms with E-state index in [1.165, 1.54) is 0 Å². The molecule has 0 amide bonds. The molecule has 102 valence electrons. The fraction of sp³-hybridized carbons (Fsp3) is 0.312. The third kappa shape index (κ3) is 5.88. The highest BCUT2D eigenvalue weighted by Gasteiger charge is 2.14. The van der Waals surface area contributed by atoms with Crippen LogP contribution in [0.25, 0.3) is 6.08 Å². The summed E-state index contributed by atoms with van der Waals surface area (Å²) in [5, 5.41) is 0. The molecular formula is C16H19BrO2. The first-order valence-electron chi connectivity index (χ1n) is 6.36. The van der Waals surface area contributed by atoms with Gasteiger partial charge in [0.05, 0.1) is 13.0 Å². The lowest BCUT2D eigenvalue weighted by Crippen LogP contribution is -2.12. The lowest BCUT2D eigenvalue weighted by Gasteiger charge is -2.11. The van der Waals surface area contributed by atoms with Gasteiger partial charge in [0.2, 0.25) is 0 Å². The molecule has 0 saturated carbocycles. The van der Waals surface area contributed by atoms with E-state index in [1.807, 2.05) is 56.3 Å². The summed E-state index contributed by atoms with van der Waals surface area (Å²) in [7, 11) is 0. The normalized spacial score (nSPS) is 13.5. The molecule has 0 aromatic heterocycles. The summed E-state index contributed by atoms with van der Waals surface area (Å²) in [6.45, 7) is 4.19. The molecule has 1 atom stereocenters. The van der Waals surface area contributed by atoms with Crippen LogP contribution in [0.2, 0.25) is 0 Å². The average Bonchev–Trinajstić information content (AvgIpc) is 2.39. The second-order valence-electron chi connectivity index (χ2n) is 4.03. The number of rotatable bonds is 6. The Kier molecular flexibility index (Phi) is 7.19. The maximum absolute atomic E-state index is 11.5. The van der Waals surface area contributed by atoms with Gasteiger partial charge in [-0.3, -0.25) is 4.79 Å². The highest BCUT2D eigenvalue weighted by atomic mass is 79.9. The van der Waals surface area contributed by atoms with Gasteiger partial charge < -0.3 is 4.74 Å². The zero-order chi connectivity index (χ0) is 14.1. The number of hydrogen-bond donors (Lipinski definition) is 0. The molecule has 19 heavy (non-hydrogen) atoms. The summed E-state index contributed by atoms with van der Waals surface area (Å²) in [4.78, 5) is 11.5. The standard InChI is InChI=1S/C16H19BrO2/c1-3-8-14(11-13-9-6-5-7-10-13)15(17)12-16(18)19-4-2/h3,5-11,15H,4,12H2,1-2H3/b8-3-,14-11+. The fourth-order valence-electron chi connectivity index (χ4n) is 1.66. The van der Waals surface area contributed by atoms with Crippen molar-refractivity contribution in [2.24, 2.45) is 0 Å². The molecule has 1 unspecified atom stereocenters. The van der Waals surface area contributed by atoms with Gasteiger partial charge >= 0.3 is 5.97 Å². The minimum atomic E-state index is -0.187. The van der Waals surface area contributed by atoms with Crippen molar-refractivity contribution in [1.82, 2.24) is 0 Å². The Morgan fingerprint density at radius 2 is 2.05 bits per heavy atom. The van der Waals surface area contributed by atoms with Crippen molar-refractivity contribution in [2.45, 2.75) is 25.1 Å². The van der Waals surface area contributed by atoms with Gasteiger partial charge in [0.25, 0.3) is 0 Å². The van der Waals surface area contributed by atoms with E-state index >= 15 is 0 Å². The Morgan fingerprint density at radius 1 is 1.37 bits per heavy atom. The summed E-state index contributed by atoms with van der Waals surface area (Å²) in [5.41, 5.74) is 2.17. The first-order valence-corrected chi connectivity index (χ1v) is 7.28. The first kappa shape index (κ1) is 15.7. The zero-order valence-corrected chi connectivity index (χ0v) is 12.9. The third-order valence-corrected chi connectivity index (χ3v) is 3.36. The van der Waals surface area contributed by atoms with E-state index in [0.717, 1.165) is 11.1 Å². The van der Waals surface area contributed by atoms with Crippen molar-refractivity contribution in [3.05, 3.63) is 53.6 Å². The molecule has 2 nitrogen and oxygen atoms in total. The van der Waals surface area contributed by atoms with E-state index in [1.54, 1.807) is 0 Å². The number of alkyl halides is 1. The summed E-state index contributed by atoms with van der Waals surface area (Å²) in [5.74, 6) is -0.187. The van der Waals surface area contributed by atoms with Crippen LogP contribution in [0.1, 0.15) is 25.8 Å². The number of hydrogen-bond acceptors (Lipinski definition) is 2. The van der Waals surface area contributed by atoms with Crippen molar-refractivity contribution in [3.8, 4) is 0 Å². The molecule has 3 heteroatoms. The van der Waals surface area contributed by atoms with E-state index in [-0.39, 0.29) is 10.8 Å². The monoisotopic (exact) mass is 322 g/mol. The summed E-state index contributed by atoms with van der Waals surface area (Å²) in [6.07, 6.45) is 6.37. The van der Waals surface area contributed by atoms with Crippen LogP contribution < -0.4 is 0 Å². The summed E-state index contributed by atoms with van der Waals surface area (Å²) < 4.78 is 4.97. The Morgan fingerprint density at radius 3 is 2.63 bits per heavy atom. The van der Waals surface area contributed by atoms with E-state index < -0.39 is 0 Å². The minimum Gasteiger partial charge on any atom is -0.466 e. The summed E-state index contributed by atoms with van der Waals surface area (Å²) >= 11 is 3.55. The van der Waals surface area contributed by atoms with E-state index in [0.29, 0.717) is 13.0 Å². The van der Waals surface area contributed by atoms with E-state index in [4.69, 9.17) is 4.74 Å². The number of ether oxygens (including phenoxy) is 1. The van der Waals surface area contributed by atoms with Crippen molar-refractivity contribution >= 4 is 28.0 Å². The quantitative estimate of drug-likeness (QED) is 0.442. The molecule has 0 aliphatic carbocycles. The number of halogens is 1. The van der Waals surface area contributed by atoms with Gasteiger partial charge in [-0.2, -0.15) is 0 Å². The first-order chi connectivity index (χ1) is 9.17. The lowest BCUT2D eigenvalue weighted by molar-refractivity contribution is -0.142. The zero-order valence-electron chi connectivity index (χ0n) is 11.3. The third-order valence-electron chi connectivity index (χ3n) is 2.50. The molecule has 0 N–H and O–H groups in total.